The molecule has 0 aliphatic heterocycles. The lowest BCUT2D eigenvalue weighted by Gasteiger charge is -2.38. The minimum atomic E-state index is -0.219. The Morgan fingerprint density at radius 3 is 2.12 bits per heavy atom. The topological polar surface area (TPSA) is 26.0 Å². The first-order valence-electron chi connectivity index (χ1n) is 3.09. The summed E-state index contributed by atoms with van der Waals surface area (Å²) in [6.07, 6.45) is 3.17. The number of hydrogen-bond donors (Lipinski definition) is 1. The summed E-state index contributed by atoms with van der Waals surface area (Å²) in [5.74, 6) is 0. The number of rotatable bonds is 2. The van der Waals surface area contributed by atoms with E-state index in [1.807, 2.05) is 0 Å². The molecule has 0 aromatic heterocycles. The molecular weight excluding hydrogens is 105 g/mol. The van der Waals surface area contributed by atoms with E-state index in [0.29, 0.717) is 6.54 Å². The molecule has 1 rings (SSSR count). The van der Waals surface area contributed by atoms with E-state index in [1.54, 1.807) is 0 Å². The molecular formula is C6H12FN. The average molecular weight is 117 g/mol. The number of halogens is 1. The molecule has 0 unspecified atom stereocenters. The second-order valence-corrected chi connectivity index (χ2v) is 2.69. The standard InChI is InChI=1S/C6H12FN/c7-4-6(5-8)2-1-3-6/h1-5,8H2. The molecule has 1 aliphatic carbocycles. The normalized spacial score (nSPS) is 24.8. The summed E-state index contributed by atoms with van der Waals surface area (Å²) in [6.45, 7) is 0.312. The largest absolute Gasteiger partial charge is 0.330 e. The van der Waals surface area contributed by atoms with Crippen molar-refractivity contribution < 1.29 is 4.39 Å². The third kappa shape index (κ3) is 0.730. The first-order valence-corrected chi connectivity index (χ1v) is 3.09. The molecule has 0 atom stereocenters. The van der Waals surface area contributed by atoms with Gasteiger partial charge in [-0.05, 0) is 12.8 Å². The molecule has 48 valence electrons. The van der Waals surface area contributed by atoms with E-state index in [4.69, 9.17) is 5.73 Å². The van der Waals surface area contributed by atoms with Crippen LogP contribution in [-0.2, 0) is 0 Å². The van der Waals surface area contributed by atoms with E-state index in [1.165, 1.54) is 6.42 Å². The second-order valence-electron chi connectivity index (χ2n) is 2.69. The smallest absolute Gasteiger partial charge is 0.0962 e. The fraction of sp³-hybridized carbons (Fsp3) is 1.00. The highest BCUT2D eigenvalue weighted by atomic mass is 19.1. The van der Waals surface area contributed by atoms with Gasteiger partial charge in [-0.2, -0.15) is 0 Å². The van der Waals surface area contributed by atoms with Gasteiger partial charge in [-0.3, -0.25) is 4.39 Å². The van der Waals surface area contributed by atoms with Crippen LogP contribution in [0.3, 0.4) is 0 Å². The molecule has 1 aliphatic rings. The number of alkyl halides is 1. The maximum Gasteiger partial charge on any atom is 0.0962 e. The zero-order chi connectivity index (χ0) is 6.04. The highest BCUT2D eigenvalue weighted by Gasteiger charge is 2.35. The molecule has 0 amide bonds. The van der Waals surface area contributed by atoms with Gasteiger partial charge in [-0.25, -0.2) is 0 Å². The number of hydrogen-bond acceptors (Lipinski definition) is 1. The van der Waals surface area contributed by atoms with Crippen LogP contribution in [0.15, 0.2) is 0 Å². The van der Waals surface area contributed by atoms with Crippen LogP contribution < -0.4 is 5.73 Å². The highest BCUT2D eigenvalue weighted by Crippen LogP contribution is 2.39. The molecule has 0 aromatic carbocycles. The van der Waals surface area contributed by atoms with Crippen molar-refractivity contribution >= 4 is 0 Å². The van der Waals surface area contributed by atoms with E-state index in [-0.39, 0.29) is 12.1 Å². The van der Waals surface area contributed by atoms with E-state index in [2.05, 4.69) is 0 Å². The van der Waals surface area contributed by atoms with Crippen molar-refractivity contribution in [1.82, 2.24) is 0 Å². The molecule has 2 heteroatoms. The predicted molar refractivity (Wildman–Crippen MR) is 31.3 cm³/mol. The van der Waals surface area contributed by atoms with Crippen LogP contribution in [0.2, 0.25) is 0 Å². The van der Waals surface area contributed by atoms with Gasteiger partial charge in [0.2, 0.25) is 0 Å². The van der Waals surface area contributed by atoms with Crippen LogP contribution in [0.25, 0.3) is 0 Å². The van der Waals surface area contributed by atoms with E-state index >= 15 is 0 Å². The van der Waals surface area contributed by atoms with Crippen molar-refractivity contribution in [1.29, 1.82) is 0 Å². The molecule has 0 radical (unpaired) electrons. The summed E-state index contributed by atoms with van der Waals surface area (Å²) >= 11 is 0. The Hall–Kier alpha value is -0.110. The number of nitrogens with two attached hydrogens (primary N) is 1. The van der Waals surface area contributed by atoms with Gasteiger partial charge in [0, 0.05) is 12.0 Å². The van der Waals surface area contributed by atoms with Crippen LogP contribution >= 0.6 is 0 Å². The molecule has 0 heterocycles. The monoisotopic (exact) mass is 117 g/mol. The average Bonchev–Trinajstić information content (AvgIpc) is 1.67. The van der Waals surface area contributed by atoms with Gasteiger partial charge in [0.05, 0.1) is 6.67 Å². The summed E-state index contributed by atoms with van der Waals surface area (Å²) in [7, 11) is 0. The van der Waals surface area contributed by atoms with Gasteiger partial charge < -0.3 is 5.73 Å². The minimum absolute atomic E-state index is 0.0833. The predicted octanol–water partition coefficient (Wildman–Crippen LogP) is 1.08. The minimum Gasteiger partial charge on any atom is -0.330 e. The van der Waals surface area contributed by atoms with Crippen LogP contribution in [0.4, 0.5) is 4.39 Å². The molecule has 0 bridgehead atoms. The Morgan fingerprint density at radius 1 is 1.50 bits per heavy atom. The summed E-state index contributed by atoms with van der Waals surface area (Å²) < 4.78 is 12.0. The lowest BCUT2D eigenvalue weighted by Crippen LogP contribution is -2.38. The maximum atomic E-state index is 12.0. The van der Waals surface area contributed by atoms with Crippen molar-refractivity contribution in [2.75, 3.05) is 13.2 Å². The maximum absolute atomic E-state index is 12.0. The van der Waals surface area contributed by atoms with Crippen molar-refractivity contribution in [2.45, 2.75) is 19.3 Å². The van der Waals surface area contributed by atoms with Gasteiger partial charge in [0.25, 0.3) is 0 Å². The molecule has 2 N–H and O–H groups in total. The molecule has 8 heavy (non-hydrogen) atoms. The second kappa shape index (κ2) is 2.02. The molecule has 0 aromatic rings. The molecule has 0 saturated heterocycles. The quantitative estimate of drug-likeness (QED) is 0.575. The molecule has 1 saturated carbocycles. The van der Waals surface area contributed by atoms with Gasteiger partial charge in [-0.1, -0.05) is 6.42 Å². The van der Waals surface area contributed by atoms with Gasteiger partial charge in [0.1, 0.15) is 0 Å². The van der Waals surface area contributed by atoms with Crippen molar-refractivity contribution in [3.8, 4) is 0 Å². The summed E-state index contributed by atoms with van der Waals surface area (Å²) in [5, 5.41) is 0. The van der Waals surface area contributed by atoms with Crippen LogP contribution in [-0.4, -0.2) is 13.2 Å². The van der Waals surface area contributed by atoms with Gasteiger partial charge in [0.15, 0.2) is 0 Å². The van der Waals surface area contributed by atoms with E-state index in [9.17, 15) is 4.39 Å². The van der Waals surface area contributed by atoms with Crippen molar-refractivity contribution in [3.05, 3.63) is 0 Å². The lowest BCUT2D eigenvalue weighted by molar-refractivity contribution is 0.102. The fourth-order valence-corrected chi connectivity index (χ4v) is 1.07. The Bertz CT molecular complexity index is 65.1. The summed E-state index contributed by atoms with van der Waals surface area (Å²) in [4.78, 5) is 0. The van der Waals surface area contributed by atoms with Crippen molar-refractivity contribution in [2.24, 2.45) is 11.1 Å². The van der Waals surface area contributed by atoms with Crippen molar-refractivity contribution in [3.63, 3.8) is 0 Å². The Kier molecular flexibility index (Phi) is 1.52. The molecule has 1 nitrogen and oxygen atoms in total. The SMILES string of the molecule is NCC1(CF)CCC1. The van der Waals surface area contributed by atoms with Gasteiger partial charge in [-0.15, -0.1) is 0 Å². The Morgan fingerprint density at radius 2 is 2.12 bits per heavy atom. The zero-order valence-electron chi connectivity index (χ0n) is 4.99. The first-order chi connectivity index (χ1) is 3.83. The van der Waals surface area contributed by atoms with Crippen LogP contribution in [0.1, 0.15) is 19.3 Å². The zero-order valence-corrected chi connectivity index (χ0v) is 4.99. The van der Waals surface area contributed by atoms with Crippen LogP contribution in [0.5, 0.6) is 0 Å². The lowest BCUT2D eigenvalue weighted by atomic mass is 9.70. The van der Waals surface area contributed by atoms with Gasteiger partial charge >= 0.3 is 0 Å². The summed E-state index contributed by atoms with van der Waals surface area (Å²) in [5.41, 5.74) is 5.26. The highest BCUT2D eigenvalue weighted by molar-refractivity contribution is 4.87. The third-order valence-electron chi connectivity index (χ3n) is 2.13. The van der Waals surface area contributed by atoms with E-state index in [0.717, 1.165) is 12.8 Å². The molecule has 1 fully saturated rings. The fourth-order valence-electron chi connectivity index (χ4n) is 1.07. The Balaban J connectivity index is 2.33. The first kappa shape index (κ1) is 6.02. The summed E-state index contributed by atoms with van der Waals surface area (Å²) in [6, 6.07) is 0. The molecule has 0 spiro atoms. The third-order valence-corrected chi connectivity index (χ3v) is 2.13. The van der Waals surface area contributed by atoms with E-state index < -0.39 is 0 Å². The Labute approximate surface area is 49.1 Å². The van der Waals surface area contributed by atoms with Crippen LogP contribution in [0, 0.1) is 5.41 Å².